The molecule has 1 aromatic heterocycles. The predicted octanol–water partition coefficient (Wildman–Crippen LogP) is 3.97. The van der Waals surface area contributed by atoms with Crippen molar-refractivity contribution in [1.82, 2.24) is 10.3 Å². The maximum absolute atomic E-state index is 4.74. The zero-order valence-electron chi connectivity index (χ0n) is 12.8. The van der Waals surface area contributed by atoms with Crippen LogP contribution in [0, 0.1) is 5.92 Å². The molecule has 1 saturated carbocycles. The van der Waals surface area contributed by atoms with E-state index in [9.17, 15) is 0 Å². The minimum absolute atomic E-state index is 0.429. The number of anilines is 1. The highest BCUT2D eigenvalue weighted by Gasteiger charge is 2.34. The molecule has 112 valence electrons. The van der Waals surface area contributed by atoms with Gasteiger partial charge in [-0.05, 0) is 45.1 Å². The Kier molecular flexibility index (Phi) is 4.61. The minimum atomic E-state index is 0.429. The monoisotopic (exact) mass is 293 g/mol. The van der Waals surface area contributed by atoms with Crippen LogP contribution in [0.4, 0.5) is 5.13 Å². The van der Waals surface area contributed by atoms with Gasteiger partial charge in [0.1, 0.15) is 0 Å². The molecule has 0 amide bonds. The van der Waals surface area contributed by atoms with Crippen LogP contribution in [0.3, 0.4) is 0 Å². The van der Waals surface area contributed by atoms with E-state index < -0.39 is 0 Å². The normalized spacial score (nSPS) is 28.2. The molecule has 1 aliphatic heterocycles. The van der Waals surface area contributed by atoms with Gasteiger partial charge in [0, 0.05) is 29.7 Å². The van der Waals surface area contributed by atoms with Gasteiger partial charge in [-0.2, -0.15) is 0 Å². The average molecular weight is 293 g/mol. The standard InChI is InChI=1S/C16H27N3S/c1-3-17-12(2)15-11-18-16(20-15)19-10-6-8-13-7-4-5-9-14(13)19/h11-14,17H,3-10H2,1-2H3/t12?,13-,14-/m1/s1. The molecule has 20 heavy (non-hydrogen) atoms. The number of nitrogens with one attached hydrogen (secondary N) is 1. The minimum Gasteiger partial charge on any atom is -0.345 e. The Labute approximate surface area is 126 Å². The Morgan fingerprint density at radius 2 is 2.15 bits per heavy atom. The number of nitrogens with zero attached hydrogens (tertiary/aromatic N) is 2. The highest BCUT2D eigenvalue weighted by Crippen LogP contribution is 2.39. The Balaban J connectivity index is 1.74. The van der Waals surface area contributed by atoms with E-state index in [0.717, 1.165) is 18.5 Å². The summed E-state index contributed by atoms with van der Waals surface area (Å²) >= 11 is 1.90. The molecule has 4 heteroatoms. The number of piperidine rings is 1. The fraction of sp³-hybridized carbons (Fsp3) is 0.812. The molecule has 0 bridgehead atoms. The molecule has 1 aliphatic carbocycles. The van der Waals surface area contributed by atoms with Gasteiger partial charge in [-0.1, -0.05) is 19.8 Å². The van der Waals surface area contributed by atoms with Crippen molar-refractivity contribution >= 4 is 16.5 Å². The van der Waals surface area contributed by atoms with Crippen molar-refractivity contribution < 1.29 is 0 Å². The molecular weight excluding hydrogens is 266 g/mol. The lowest BCUT2D eigenvalue weighted by molar-refractivity contribution is 0.243. The molecule has 0 radical (unpaired) electrons. The van der Waals surface area contributed by atoms with Crippen LogP contribution in [0.15, 0.2) is 6.20 Å². The maximum Gasteiger partial charge on any atom is 0.185 e. The third-order valence-corrected chi connectivity index (χ3v) is 6.15. The SMILES string of the molecule is CCNC(C)c1cnc(N2CCC[C@H]3CCCC[C@H]32)s1. The molecule has 1 unspecified atom stereocenters. The van der Waals surface area contributed by atoms with Crippen LogP contribution in [0.5, 0.6) is 0 Å². The third-order valence-electron chi connectivity index (χ3n) is 4.94. The molecule has 3 rings (SSSR count). The molecular formula is C16H27N3S. The summed E-state index contributed by atoms with van der Waals surface area (Å²) in [5.41, 5.74) is 0. The lowest BCUT2D eigenvalue weighted by atomic mass is 9.78. The summed E-state index contributed by atoms with van der Waals surface area (Å²) in [6.07, 6.45) is 10.5. The van der Waals surface area contributed by atoms with Gasteiger partial charge in [-0.3, -0.25) is 0 Å². The molecule has 2 heterocycles. The van der Waals surface area contributed by atoms with Crippen LogP contribution in [0.2, 0.25) is 0 Å². The van der Waals surface area contributed by atoms with E-state index >= 15 is 0 Å². The first-order chi connectivity index (χ1) is 9.79. The Bertz CT molecular complexity index is 429. The molecule has 0 aromatic carbocycles. The fourth-order valence-electron chi connectivity index (χ4n) is 3.88. The molecule has 3 atom stereocenters. The topological polar surface area (TPSA) is 28.2 Å². The largest absolute Gasteiger partial charge is 0.345 e. The van der Waals surface area contributed by atoms with Crippen molar-refractivity contribution in [2.45, 2.75) is 64.5 Å². The molecule has 1 aromatic rings. The van der Waals surface area contributed by atoms with E-state index in [1.165, 1.54) is 55.1 Å². The molecule has 1 N–H and O–H groups in total. The van der Waals surface area contributed by atoms with E-state index in [2.05, 4.69) is 30.3 Å². The summed E-state index contributed by atoms with van der Waals surface area (Å²) in [7, 11) is 0. The Morgan fingerprint density at radius 1 is 1.35 bits per heavy atom. The Hall–Kier alpha value is -0.610. The first-order valence-electron chi connectivity index (χ1n) is 8.25. The first kappa shape index (κ1) is 14.3. The molecule has 3 nitrogen and oxygen atoms in total. The number of hydrogen-bond donors (Lipinski definition) is 1. The van der Waals surface area contributed by atoms with Crippen molar-refractivity contribution in [2.24, 2.45) is 5.92 Å². The van der Waals surface area contributed by atoms with Gasteiger partial charge in [0.2, 0.25) is 0 Å². The van der Waals surface area contributed by atoms with E-state index in [1.54, 1.807) is 0 Å². The van der Waals surface area contributed by atoms with Crippen molar-refractivity contribution in [3.63, 3.8) is 0 Å². The van der Waals surface area contributed by atoms with Crippen LogP contribution in [-0.4, -0.2) is 24.1 Å². The van der Waals surface area contributed by atoms with E-state index in [4.69, 9.17) is 4.98 Å². The van der Waals surface area contributed by atoms with Gasteiger partial charge in [-0.15, -0.1) is 11.3 Å². The van der Waals surface area contributed by atoms with Crippen LogP contribution < -0.4 is 10.2 Å². The molecule has 2 fully saturated rings. The van der Waals surface area contributed by atoms with Crippen molar-refractivity contribution in [2.75, 3.05) is 18.0 Å². The van der Waals surface area contributed by atoms with Crippen LogP contribution in [0.25, 0.3) is 0 Å². The summed E-state index contributed by atoms with van der Waals surface area (Å²) < 4.78 is 0. The van der Waals surface area contributed by atoms with Gasteiger partial charge < -0.3 is 10.2 Å². The first-order valence-corrected chi connectivity index (χ1v) is 9.07. The number of aromatic nitrogens is 1. The van der Waals surface area contributed by atoms with Gasteiger partial charge >= 0.3 is 0 Å². The lowest BCUT2D eigenvalue weighted by Gasteiger charge is -2.44. The zero-order chi connectivity index (χ0) is 13.9. The summed E-state index contributed by atoms with van der Waals surface area (Å²) in [6, 6.07) is 1.20. The van der Waals surface area contributed by atoms with Crippen molar-refractivity contribution in [3.8, 4) is 0 Å². The van der Waals surface area contributed by atoms with E-state index in [-0.39, 0.29) is 0 Å². The number of hydrogen-bond acceptors (Lipinski definition) is 4. The molecule has 0 spiro atoms. The van der Waals surface area contributed by atoms with E-state index in [1.807, 2.05) is 11.3 Å². The zero-order valence-corrected chi connectivity index (χ0v) is 13.6. The van der Waals surface area contributed by atoms with E-state index in [0.29, 0.717) is 6.04 Å². The van der Waals surface area contributed by atoms with Crippen LogP contribution in [0.1, 0.15) is 63.3 Å². The summed E-state index contributed by atoms with van der Waals surface area (Å²) in [5.74, 6) is 0.927. The number of rotatable bonds is 4. The van der Waals surface area contributed by atoms with Crippen molar-refractivity contribution in [3.05, 3.63) is 11.1 Å². The Morgan fingerprint density at radius 3 is 3.00 bits per heavy atom. The summed E-state index contributed by atoms with van der Waals surface area (Å²) in [4.78, 5) is 8.74. The van der Waals surface area contributed by atoms with Crippen LogP contribution in [-0.2, 0) is 0 Å². The summed E-state index contributed by atoms with van der Waals surface area (Å²) in [5, 5.41) is 4.75. The highest BCUT2D eigenvalue weighted by molar-refractivity contribution is 7.15. The van der Waals surface area contributed by atoms with Crippen LogP contribution >= 0.6 is 11.3 Å². The lowest BCUT2D eigenvalue weighted by Crippen LogP contribution is -2.46. The smallest absolute Gasteiger partial charge is 0.185 e. The third kappa shape index (κ3) is 2.86. The second-order valence-electron chi connectivity index (χ2n) is 6.27. The average Bonchev–Trinajstić information content (AvgIpc) is 2.97. The quantitative estimate of drug-likeness (QED) is 0.910. The van der Waals surface area contributed by atoms with Gasteiger partial charge in [-0.25, -0.2) is 4.98 Å². The van der Waals surface area contributed by atoms with Crippen molar-refractivity contribution in [1.29, 1.82) is 0 Å². The second-order valence-corrected chi connectivity index (χ2v) is 7.31. The fourth-order valence-corrected chi connectivity index (χ4v) is 4.90. The van der Waals surface area contributed by atoms with Gasteiger partial charge in [0.25, 0.3) is 0 Å². The maximum atomic E-state index is 4.74. The number of thiazole rings is 1. The molecule has 2 aliphatic rings. The second kappa shape index (κ2) is 6.44. The highest BCUT2D eigenvalue weighted by atomic mass is 32.1. The van der Waals surface area contributed by atoms with Gasteiger partial charge in [0.05, 0.1) is 0 Å². The summed E-state index contributed by atoms with van der Waals surface area (Å²) in [6.45, 7) is 6.63. The van der Waals surface area contributed by atoms with Gasteiger partial charge in [0.15, 0.2) is 5.13 Å². The molecule has 1 saturated heterocycles. The number of fused-ring (bicyclic) bond motifs is 1. The predicted molar refractivity (Wildman–Crippen MR) is 86.5 cm³/mol.